The minimum absolute atomic E-state index is 1.05. The molecule has 0 aliphatic heterocycles. The molecule has 0 radical (unpaired) electrons. The first-order valence-corrected chi connectivity index (χ1v) is 11.3. The highest BCUT2D eigenvalue weighted by Gasteiger charge is 2.85. The van der Waals surface area contributed by atoms with E-state index in [4.69, 9.17) is 4.55 Å². The second kappa shape index (κ2) is 9.11. The van der Waals surface area contributed by atoms with Crippen LogP contribution >= 0.6 is 0 Å². The number of fused-ring (bicyclic) bond motifs is 3. The monoisotopic (exact) mass is 542 g/mol. The predicted molar refractivity (Wildman–Crippen MR) is 113 cm³/mol. The lowest BCUT2D eigenvalue weighted by Gasteiger charge is -2.31. The molecule has 3 nitrogen and oxygen atoms in total. The van der Waals surface area contributed by atoms with Crippen molar-refractivity contribution in [1.82, 2.24) is 0 Å². The van der Waals surface area contributed by atoms with Gasteiger partial charge in [0, 0.05) is 0 Å². The minimum atomic E-state index is -7.37. The molecule has 0 atom stereocenters. The lowest BCUT2D eigenvalue weighted by Crippen LogP contribution is -2.63. The van der Waals surface area contributed by atoms with Gasteiger partial charge in [-0.1, -0.05) is 72.8 Å². The Morgan fingerprint density at radius 2 is 1.11 bits per heavy atom. The van der Waals surface area contributed by atoms with Crippen LogP contribution in [0.2, 0.25) is 0 Å². The third-order valence-electron chi connectivity index (χ3n) is 5.38. The highest BCUT2D eigenvalue weighted by atomic mass is 32.2. The Hall–Kier alpha value is -3.06. The van der Waals surface area contributed by atoms with Gasteiger partial charge in [0.1, 0.15) is 0 Å². The smallest absolute Gasteiger partial charge is 0.281 e. The SMILES string of the molecule is O=S(=O)(O)C(F)(F)C(F)(F)C(F)(F)C(F)(F)F.c1ccc(-c2cccc3c2Cc2ccccc2-3)cc1. The number of benzene rings is 3. The van der Waals surface area contributed by atoms with Crippen molar-refractivity contribution >= 4 is 10.1 Å². The number of rotatable bonds is 4. The molecular weight excluding hydrogens is 527 g/mol. The summed E-state index contributed by atoms with van der Waals surface area (Å²) in [6.45, 7) is 0. The molecule has 0 bridgehead atoms. The van der Waals surface area contributed by atoms with Crippen LogP contribution in [0.25, 0.3) is 22.3 Å². The van der Waals surface area contributed by atoms with Crippen LogP contribution < -0.4 is 0 Å². The van der Waals surface area contributed by atoms with Gasteiger partial charge in [-0.3, -0.25) is 4.55 Å². The van der Waals surface area contributed by atoms with E-state index in [-0.39, 0.29) is 0 Å². The van der Waals surface area contributed by atoms with E-state index in [0.717, 1.165) is 6.42 Å². The van der Waals surface area contributed by atoms with E-state index in [0.29, 0.717) is 0 Å². The van der Waals surface area contributed by atoms with Crippen LogP contribution in [-0.4, -0.2) is 36.2 Å². The van der Waals surface area contributed by atoms with E-state index in [9.17, 15) is 47.9 Å². The summed E-state index contributed by atoms with van der Waals surface area (Å²) in [6, 6.07) is 26.1. The fourth-order valence-electron chi connectivity index (χ4n) is 3.57. The topological polar surface area (TPSA) is 54.4 Å². The highest BCUT2D eigenvalue weighted by Crippen LogP contribution is 2.54. The summed E-state index contributed by atoms with van der Waals surface area (Å²) in [4.78, 5) is 0. The molecular formula is C23H15F9O3S. The van der Waals surface area contributed by atoms with E-state index in [1.165, 1.54) is 33.4 Å². The quantitative estimate of drug-likeness (QED) is 0.219. The molecule has 1 aliphatic carbocycles. The Morgan fingerprint density at radius 3 is 1.67 bits per heavy atom. The van der Waals surface area contributed by atoms with Gasteiger partial charge in [-0.2, -0.15) is 47.9 Å². The zero-order valence-corrected chi connectivity index (χ0v) is 18.5. The van der Waals surface area contributed by atoms with Crippen molar-refractivity contribution in [2.75, 3.05) is 0 Å². The fraction of sp³-hybridized carbons (Fsp3) is 0.217. The molecule has 0 spiro atoms. The standard InChI is InChI=1S/C19H14.C4HF9O3S/c1-2-7-14(8-3-1)16-11-6-12-18-17-10-5-4-9-15(17)13-19(16)18;5-1(6,3(9,10)11)2(7,8)4(12,13)17(14,15)16/h1-12H,13H2;(H,14,15,16). The van der Waals surface area contributed by atoms with Gasteiger partial charge in [0.05, 0.1) is 0 Å². The molecule has 194 valence electrons. The van der Waals surface area contributed by atoms with Crippen molar-refractivity contribution in [1.29, 1.82) is 0 Å². The van der Waals surface area contributed by atoms with E-state index in [2.05, 4.69) is 72.8 Å². The first kappa shape index (κ1) is 27.5. The van der Waals surface area contributed by atoms with Gasteiger partial charge in [-0.25, -0.2) is 0 Å². The summed E-state index contributed by atoms with van der Waals surface area (Å²) in [5.74, 6) is -14.7. The molecule has 0 heterocycles. The Kier molecular flexibility index (Phi) is 6.96. The second-order valence-electron chi connectivity index (χ2n) is 7.67. The Labute approximate surface area is 198 Å². The van der Waals surface area contributed by atoms with Crippen molar-refractivity contribution < 1.29 is 52.5 Å². The Morgan fingerprint density at radius 1 is 0.611 bits per heavy atom. The van der Waals surface area contributed by atoms with Gasteiger partial charge >= 0.3 is 33.4 Å². The predicted octanol–water partition coefficient (Wildman–Crippen LogP) is 7.22. The molecule has 0 saturated heterocycles. The molecule has 0 unspecified atom stereocenters. The number of alkyl halides is 9. The van der Waals surface area contributed by atoms with Crippen molar-refractivity contribution in [3.05, 3.63) is 83.9 Å². The average Bonchev–Trinajstić information content (AvgIpc) is 3.17. The molecule has 0 amide bonds. The summed E-state index contributed by atoms with van der Waals surface area (Å²) in [5, 5.41) is -7.00. The summed E-state index contributed by atoms with van der Waals surface area (Å²) < 4.78 is 134. The summed E-state index contributed by atoms with van der Waals surface area (Å²) in [7, 11) is -7.17. The zero-order valence-electron chi connectivity index (χ0n) is 17.7. The first-order valence-electron chi connectivity index (χ1n) is 9.86. The lowest BCUT2D eigenvalue weighted by molar-refractivity contribution is -0.382. The van der Waals surface area contributed by atoms with Crippen LogP contribution in [0.3, 0.4) is 0 Å². The fourth-order valence-corrected chi connectivity index (χ4v) is 4.02. The summed E-state index contributed by atoms with van der Waals surface area (Å²) in [5.41, 5.74) is 8.39. The van der Waals surface area contributed by atoms with E-state index >= 15 is 0 Å². The third-order valence-corrected chi connectivity index (χ3v) is 6.28. The maximum absolute atomic E-state index is 12.2. The Bertz CT molecular complexity index is 1350. The van der Waals surface area contributed by atoms with Gasteiger partial charge in [0.25, 0.3) is 0 Å². The van der Waals surface area contributed by atoms with Crippen molar-refractivity contribution in [3.8, 4) is 22.3 Å². The Balaban J connectivity index is 0.000000203. The maximum Gasteiger partial charge on any atom is 0.460 e. The molecule has 1 aliphatic rings. The van der Waals surface area contributed by atoms with Crippen molar-refractivity contribution in [2.45, 2.75) is 29.7 Å². The molecule has 13 heteroatoms. The molecule has 3 aromatic carbocycles. The van der Waals surface area contributed by atoms with Gasteiger partial charge in [0.2, 0.25) is 0 Å². The van der Waals surface area contributed by atoms with Crippen LogP contribution in [0.4, 0.5) is 39.5 Å². The van der Waals surface area contributed by atoms with Gasteiger partial charge in [-0.15, -0.1) is 0 Å². The zero-order chi connectivity index (χ0) is 27.2. The van der Waals surface area contributed by atoms with Crippen LogP contribution in [0.5, 0.6) is 0 Å². The van der Waals surface area contributed by atoms with E-state index in [1.807, 2.05) is 0 Å². The molecule has 0 fully saturated rings. The maximum atomic E-state index is 12.2. The van der Waals surface area contributed by atoms with Gasteiger partial charge < -0.3 is 0 Å². The van der Waals surface area contributed by atoms with E-state index < -0.39 is 33.4 Å². The highest BCUT2D eigenvalue weighted by molar-refractivity contribution is 7.87. The molecule has 1 N–H and O–H groups in total. The van der Waals surface area contributed by atoms with Crippen LogP contribution in [0.15, 0.2) is 72.8 Å². The van der Waals surface area contributed by atoms with Gasteiger partial charge in [-0.05, 0) is 39.8 Å². The second-order valence-corrected chi connectivity index (χ2v) is 9.13. The molecule has 0 saturated carbocycles. The molecule has 36 heavy (non-hydrogen) atoms. The molecule has 0 aromatic heterocycles. The normalized spacial score (nSPS) is 13.9. The number of hydrogen-bond donors (Lipinski definition) is 1. The minimum Gasteiger partial charge on any atom is -0.281 e. The van der Waals surface area contributed by atoms with E-state index in [1.54, 1.807) is 0 Å². The van der Waals surface area contributed by atoms with Crippen molar-refractivity contribution in [3.63, 3.8) is 0 Å². The molecule has 3 aromatic rings. The third kappa shape index (κ3) is 4.57. The van der Waals surface area contributed by atoms with Crippen LogP contribution in [0.1, 0.15) is 11.1 Å². The largest absolute Gasteiger partial charge is 0.460 e. The summed E-state index contributed by atoms with van der Waals surface area (Å²) in [6.07, 6.45) is -6.08. The number of hydrogen-bond acceptors (Lipinski definition) is 2. The van der Waals surface area contributed by atoms with Crippen LogP contribution in [-0.2, 0) is 16.5 Å². The molecule has 4 rings (SSSR count). The van der Waals surface area contributed by atoms with Crippen molar-refractivity contribution in [2.24, 2.45) is 0 Å². The first-order chi connectivity index (χ1) is 16.4. The number of halogens is 9. The summed E-state index contributed by atoms with van der Waals surface area (Å²) >= 11 is 0. The lowest BCUT2D eigenvalue weighted by atomic mass is 9.96. The average molecular weight is 542 g/mol. The van der Waals surface area contributed by atoms with Gasteiger partial charge in [0.15, 0.2) is 0 Å². The van der Waals surface area contributed by atoms with Crippen LogP contribution in [0, 0.1) is 0 Å².